The average molecular weight is 383 g/mol. The summed E-state index contributed by atoms with van der Waals surface area (Å²) < 4.78 is 12.5. The first kappa shape index (κ1) is 20.6. The van der Waals surface area contributed by atoms with E-state index in [9.17, 15) is 15.4 Å². The molecule has 0 saturated carbocycles. The van der Waals surface area contributed by atoms with Crippen molar-refractivity contribution < 1.29 is 24.9 Å². The molecule has 5 atom stereocenters. The molecule has 8 heteroatoms. The molecule has 154 valence electrons. The van der Waals surface area contributed by atoms with Crippen LogP contribution >= 0.6 is 0 Å². The summed E-state index contributed by atoms with van der Waals surface area (Å²) in [5, 5.41) is 40.6. The van der Waals surface area contributed by atoms with Crippen LogP contribution < -0.4 is 5.23 Å². The van der Waals surface area contributed by atoms with Gasteiger partial charge >= 0.3 is 0 Å². The number of aromatic amines is 1. The van der Waals surface area contributed by atoms with Crippen LogP contribution in [0, 0.1) is 5.21 Å². The van der Waals surface area contributed by atoms with Crippen LogP contribution in [0.15, 0.2) is 12.3 Å². The number of hydrogen-bond donors (Lipinski definition) is 4. The maximum absolute atomic E-state index is 10.9. The van der Waals surface area contributed by atoms with Gasteiger partial charge in [-0.05, 0) is 65.0 Å². The van der Waals surface area contributed by atoms with Crippen molar-refractivity contribution in [2.24, 2.45) is 0 Å². The third-order valence-electron chi connectivity index (χ3n) is 6.17. The van der Waals surface area contributed by atoms with Crippen molar-refractivity contribution in [1.29, 1.82) is 0 Å². The number of aliphatic hydroxyl groups excluding tert-OH is 1. The molecule has 27 heavy (non-hydrogen) atoms. The largest absolute Gasteiger partial charge is 0.732 e. The molecule has 0 amide bonds. The van der Waals surface area contributed by atoms with Crippen LogP contribution in [-0.4, -0.2) is 55.5 Å². The van der Waals surface area contributed by atoms with Gasteiger partial charge in [0.2, 0.25) is 0 Å². The van der Waals surface area contributed by atoms with Crippen molar-refractivity contribution in [2.45, 2.75) is 94.9 Å². The molecule has 3 rings (SSSR count). The summed E-state index contributed by atoms with van der Waals surface area (Å²) in [7, 11) is 0. The molecule has 2 aliphatic rings. The van der Waals surface area contributed by atoms with Crippen LogP contribution in [0.4, 0.5) is 5.82 Å². The fourth-order valence-corrected chi connectivity index (χ4v) is 4.22. The Morgan fingerprint density at radius 3 is 2.59 bits per heavy atom. The fraction of sp³-hybridized carbons (Fsp3) is 0.789. The Labute approximate surface area is 159 Å². The summed E-state index contributed by atoms with van der Waals surface area (Å²) >= 11 is 0. The SMILES string of the molecule is CC1(C2CCC(C)([C@@H](O)Cc3c[nH]c(N([O-])O)c3)O2)CC[C@H](C(C)(C)O)O1. The molecule has 0 spiro atoms. The molecule has 0 aromatic carbocycles. The smallest absolute Gasteiger partial charge is 0.119 e. The second-order valence-electron chi connectivity index (χ2n) is 8.96. The number of anilines is 1. The van der Waals surface area contributed by atoms with Crippen molar-refractivity contribution in [3.05, 3.63) is 23.0 Å². The molecule has 0 bridgehead atoms. The Balaban J connectivity index is 1.63. The lowest BCUT2D eigenvalue weighted by molar-refractivity contribution is -0.189. The molecule has 2 saturated heterocycles. The molecular weight excluding hydrogens is 352 g/mol. The molecule has 0 aliphatic carbocycles. The number of H-pyrrole nitrogens is 1. The van der Waals surface area contributed by atoms with Crippen molar-refractivity contribution in [3.63, 3.8) is 0 Å². The molecule has 3 unspecified atom stereocenters. The zero-order valence-electron chi connectivity index (χ0n) is 16.4. The van der Waals surface area contributed by atoms with Gasteiger partial charge in [-0.15, -0.1) is 0 Å². The van der Waals surface area contributed by atoms with E-state index >= 15 is 0 Å². The quantitative estimate of drug-likeness (QED) is 0.556. The molecule has 8 nitrogen and oxygen atoms in total. The highest BCUT2D eigenvalue weighted by molar-refractivity contribution is 5.40. The first-order chi connectivity index (χ1) is 12.4. The zero-order chi connectivity index (χ0) is 20.0. The number of aliphatic hydroxyl groups is 2. The average Bonchev–Trinajstić information content (AvgIpc) is 3.26. The Morgan fingerprint density at radius 1 is 1.33 bits per heavy atom. The number of hydrogen-bond acceptors (Lipinski definition) is 7. The van der Waals surface area contributed by atoms with Gasteiger partial charge < -0.3 is 35.1 Å². The van der Waals surface area contributed by atoms with E-state index in [4.69, 9.17) is 14.7 Å². The third-order valence-corrected chi connectivity index (χ3v) is 6.17. The lowest BCUT2D eigenvalue weighted by atomic mass is 9.89. The summed E-state index contributed by atoms with van der Waals surface area (Å²) in [4.78, 5) is 2.66. The number of ether oxygens (including phenoxy) is 2. The van der Waals surface area contributed by atoms with Crippen LogP contribution in [0.25, 0.3) is 0 Å². The van der Waals surface area contributed by atoms with E-state index in [1.54, 1.807) is 20.0 Å². The topological polar surface area (TPSA) is 121 Å². The van der Waals surface area contributed by atoms with E-state index in [0.717, 1.165) is 19.3 Å². The molecule has 4 N–H and O–H groups in total. The maximum atomic E-state index is 10.9. The lowest BCUT2D eigenvalue weighted by Crippen LogP contribution is -2.47. The summed E-state index contributed by atoms with van der Waals surface area (Å²) in [5.41, 5.74) is -1.39. The zero-order valence-corrected chi connectivity index (χ0v) is 16.4. The second kappa shape index (κ2) is 7.02. The summed E-state index contributed by atoms with van der Waals surface area (Å²) in [6.07, 6.45) is 3.79. The third kappa shape index (κ3) is 4.16. The molecule has 1 aromatic heterocycles. The minimum atomic E-state index is -0.896. The van der Waals surface area contributed by atoms with Gasteiger partial charge in [-0.3, -0.25) is 5.21 Å². The predicted molar refractivity (Wildman–Crippen MR) is 99.5 cm³/mol. The van der Waals surface area contributed by atoms with Gasteiger partial charge in [-0.2, -0.15) is 0 Å². The Kier molecular flexibility index (Phi) is 5.35. The van der Waals surface area contributed by atoms with Crippen LogP contribution in [-0.2, 0) is 15.9 Å². The summed E-state index contributed by atoms with van der Waals surface area (Å²) in [6, 6.07) is 1.50. The highest BCUT2D eigenvalue weighted by atomic mass is 16.8. The van der Waals surface area contributed by atoms with Crippen molar-refractivity contribution in [3.8, 4) is 0 Å². The minimum Gasteiger partial charge on any atom is -0.732 e. The minimum absolute atomic E-state index is 0.0251. The van der Waals surface area contributed by atoms with Gasteiger partial charge in [-0.1, -0.05) is 0 Å². The van der Waals surface area contributed by atoms with Crippen LogP contribution in [0.5, 0.6) is 0 Å². The van der Waals surface area contributed by atoms with Crippen molar-refractivity contribution in [1.82, 2.24) is 4.98 Å². The Bertz CT molecular complexity index is 657. The Hall–Kier alpha value is -1.16. The summed E-state index contributed by atoms with van der Waals surface area (Å²) in [5.74, 6) is 0.0251. The molecule has 1 aromatic rings. The van der Waals surface area contributed by atoms with Gasteiger partial charge in [0, 0.05) is 12.6 Å². The summed E-state index contributed by atoms with van der Waals surface area (Å²) in [6.45, 7) is 7.42. The maximum Gasteiger partial charge on any atom is 0.119 e. The molecular formula is C19H31N2O6-. The van der Waals surface area contributed by atoms with Crippen molar-refractivity contribution in [2.75, 3.05) is 5.23 Å². The van der Waals surface area contributed by atoms with E-state index in [1.165, 1.54) is 6.07 Å². The molecule has 2 fully saturated rings. The van der Waals surface area contributed by atoms with Gasteiger partial charge in [0.05, 0.1) is 35.1 Å². The number of nitrogens with one attached hydrogen (secondary N) is 1. The number of rotatable bonds is 6. The predicted octanol–water partition coefficient (Wildman–Crippen LogP) is 2.26. The van der Waals surface area contributed by atoms with E-state index in [1.807, 2.05) is 13.8 Å². The van der Waals surface area contributed by atoms with E-state index in [0.29, 0.717) is 18.4 Å². The first-order valence-corrected chi connectivity index (χ1v) is 9.52. The van der Waals surface area contributed by atoms with Crippen molar-refractivity contribution >= 4 is 5.82 Å². The van der Waals surface area contributed by atoms with E-state index in [2.05, 4.69) is 4.98 Å². The van der Waals surface area contributed by atoms with Crippen LogP contribution in [0.1, 0.15) is 58.9 Å². The van der Waals surface area contributed by atoms with Crippen LogP contribution in [0.2, 0.25) is 0 Å². The number of nitrogens with zero attached hydrogens (tertiary/aromatic N) is 1. The standard InChI is InChI=1S/C19H31N2O6/c1-17(2,23)14-5-8-19(4,26-14)15-6-7-18(3,27-15)13(22)9-12-10-16(20-11-12)21(24)25/h10-11,13-15,20,22-24H,5-9H2,1-4H3/q-1/t13-,14+,15?,18?,19?/m0/s1. The monoisotopic (exact) mass is 383 g/mol. The van der Waals surface area contributed by atoms with Gasteiger partial charge in [0.15, 0.2) is 0 Å². The van der Waals surface area contributed by atoms with Crippen LogP contribution in [0.3, 0.4) is 0 Å². The second-order valence-corrected chi connectivity index (χ2v) is 8.96. The van der Waals surface area contributed by atoms with E-state index in [-0.39, 0.29) is 23.3 Å². The normalized spacial score (nSPS) is 35.6. The van der Waals surface area contributed by atoms with E-state index < -0.39 is 22.9 Å². The van der Waals surface area contributed by atoms with Gasteiger partial charge in [0.1, 0.15) is 5.82 Å². The molecule has 2 aliphatic heterocycles. The van der Waals surface area contributed by atoms with Gasteiger partial charge in [-0.25, -0.2) is 0 Å². The highest BCUT2D eigenvalue weighted by Crippen LogP contribution is 2.46. The lowest BCUT2D eigenvalue weighted by Gasteiger charge is -2.37. The Morgan fingerprint density at radius 2 is 2.04 bits per heavy atom. The first-order valence-electron chi connectivity index (χ1n) is 9.52. The molecule has 3 heterocycles. The highest BCUT2D eigenvalue weighted by Gasteiger charge is 2.53. The molecule has 0 radical (unpaired) electrons. The fourth-order valence-electron chi connectivity index (χ4n) is 4.22. The number of aromatic nitrogens is 1. The van der Waals surface area contributed by atoms with Gasteiger partial charge in [0.25, 0.3) is 0 Å².